The van der Waals surface area contributed by atoms with Gasteiger partial charge in [0.1, 0.15) is 10.6 Å². The summed E-state index contributed by atoms with van der Waals surface area (Å²) in [6, 6.07) is 7.53. The largest absolute Gasteiger partial charge is 0.489 e. The zero-order valence-electron chi connectivity index (χ0n) is 9.89. The van der Waals surface area contributed by atoms with Crippen molar-refractivity contribution in [2.24, 2.45) is 5.73 Å². The van der Waals surface area contributed by atoms with Gasteiger partial charge in [-0.3, -0.25) is 0 Å². The molecule has 0 saturated carbocycles. The first kappa shape index (κ1) is 12.9. The van der Waals surface area contributed by atoms with Crippen molar-refractivity contribution in [1.29, 1.82) is 0 Å². The maximum absolute atomic E-state index is 8.72. The van der Waals surface area contributed by atoms with E-state index in [1.54, 1.807) is 0 Å². The van der Waals surface area contributed by atoms with Crippen LogP contribution in [-0.4, -0.2) is 23.3 Å². The van der Waals surface area contributed by atoms with Crippen LogP contribution < -0.4 is 10.5 Å². The molecular formula is C13H15NO3S. The number of thiocarbonyl (C=S) groups is 1. The predicted octanol–water partition coefficient (Wildman–Crippen LogP) is 2.22. The Balaban J connectivity index is 2.27. The average Bonchev–Trinajstić information content (AvgIpc) is 2.74. The number of para-hydroxylation sites is 1. The van der Waals surface area contributed by atoms with Crippen LogP contribution in [0.5, 0.6) is 5.75 Å². The number of aliphatic hydroxyl groups is 1. The highest BCUT2D eigenvalue weighted by atomic mass is 32.1. The Labute approximate surface area is 110 Å². The van der Waals surface area contributed by atoms with Crippen LogP contribution in [0.4, 0.5) is 0 Å². The number of unbranched alkanes of at least 4 members (excludes halogenated alkanes) is 1. The standard InChI is InChI=1S/C13H15NO3S/c14-13(18)12-11(16-8-4-3-7-15)9-5-1-2-6-10(9)17-12/h1-2,5-6,15H,3-4,7-8H2,(H2,14,18). The molecule has 1 aromatic heterocycles. The minimum Gasteiger partial charge on any atom is -0.489 e. The summed E-state index contributed by atoms with van der Waals surface area (Å²) in [5.41, 5.74) is 6.33. The average molecular weight is 265 g/mol. The second kappa shape index (κ2) is 5.84. The van der Waals surface area contributed by atoms with Gasteiger partial charge < -0.3 is 20.0 Å². The van der Waals surface area contributed by atoms with E-state index in [1.807, 2.05) is 24.3 Å². The number of fused-ring (bicyclic) bond motifs is 1. The molecule has 2 rings (SSSR count). The molecule has 0 aliphatic rings. The molecule has 3 N–H and O–H groups in total. The summed E-state index contributed by atoms with van der Waals surface area (Å²) in [6.45, 7) is 0.664. The molecule has 4 nitrogen and oxygen atoms in total. The monoisotopic (exact) mass is 265 g/mol. The Kier molecular flexibility index (Phi) is 4.17. The van der Waals surface area contributed by atoms with E-state index in [0.717, 1.165) is 11.8 Å². The van der Waals surface area contributed by atoms with E-state index in [0.29, 0.717) is 30.1 Å². The molecule has 1 aromatic carbocycles. The van der Waals surface area contributed by atoms with Crippen LogP contribution in [0.2, 0.25) is 0 Å². The lowest BCUT2D eigenvalue weighted by Gasteiger charge is -2.05. The molecule has 1 heterocycles. The number of benzene rings is 1. The first-order chi connectivity index (χ1) is 8.74. The van der Waals surface area contributed by atoms with Gasteiger partial charge in [0.25, 0.3) is 0 Å². The highest BCUT2D eigenvalue weighted by molar-refractivity contribution is 7.80. The zero-order valence-corrected chi connectivity index (χ0v) is 10.7. The number of hydrogen-bond acceptors (Lipinski definition) is 4. The van der Waals surface area contributed by atoms with Crippen molar-refractivity contribution in [2.45, 2.75) is 12.8 Å². The van der Waals surface area contributed by atoms with E-state index >= 15 is 0 Å². The van der Waals surface area contributed by atoms with Crippen molar-refractivity contribution in [3.05, 3.63) is 30.0 Å². The molecule has 5 heteroatoms. The highest BCUT2D eigenvalue weighted by Crippen LogP contribution is 2.33. The molecule has 0 bridgehead atoms. The maximum atomic E-state index is 8.72. The third-order valence-electron chi connectivity index (χ3n) is 2.57. The fourth-order valence-electron chi connectivity index (χ4n) is 1.72. The fourth-order valence-corrected chi connectivity index (χ4v) is 1.85. The molecule has 0 radical (unpaired) electrons. The first-order valence-corrected chi connectivity index (χ1v) is 6.20. The Morgan fingerprint density at radius 2 is 2.11 bits per heavy atom. The molecular weight excluding hydrogens is 250 g/mol. The van der Waals surface area contributed by atoms with E-state index in [4.69, 9.17) is 32.2 Å². The number of hydrogen-bond donors (Lipinski definition) is 2. The third-order valence-corrected chi connectivity index (χ3v) is 2.76. The number of furan rings is 1. The van der Waals surface area contributed by atoms with Crippen LogP contribution in [0.1, 0.15) is 18.6 Å². The Hall–Kier alpha value is -1.59. The Morgan fingerprint density at radius 3 is 2.83 bits per heavy atom. The van der Waals surface area contributed by atoms with Crippen LogP contribution in [0.3, 0.4) is 0 Å². The fraction of sp³-hybridized carbons (Fsp3) is 0.308. The normalized spacial score (nSPS) is 10.7. The van der Waals surface area contributed by atoms with Crippen LogP contribution in [0.15, 0.2) is 28.7 Å². The molecule has 18 heavy (non-hydrogen) atoms. The van der Waals surface area contributed by atoms with Crippen LogP contribution in [0.25, 0.3) is 11.0 Å². The second-order valence-electron chi connectivity index (χ2n) is 3.90. The van der Waals surface area contributed by atoms with Crippen LogP contribution in [-0.2, 0) is 0 Å². The minimum atomic E-state index is 0.164. The molecule has 2 aromatic rings. The summed E-state index contributed by atoms with van der Waals surface area (Å²) in [6.07, 6.45) is 1.48. The lowest BCUT2D eigenvalue weighted by molar-refractivity contribution is 0.253. The summed E-state index contributed by atoms with van der Waals surface area (Å²) >= 11 is 4.96. The number of nitrogens with two attached hydrogens (primary N) is 1. The third kappa shape index (κ3) is 2.63. The molecule has 0 saturated heterocycles. The van der Waals surface area contributed by atoms with Gasteiger partial charge in [-0.2, -0.15) is 0 Å². The second-order valence-corrected chi connectivity index (χ2v) is 4.34. The molecule has 0 atom stereocenters. The quantitative estimate of drug-likeness (QED) is 0.619. The van der Waals surface area contributed by atoms with E-state index in [2.05, 4.69) is 0 Å². The Morgan fingerprint density at radius 1 is 1.33 bits per heavy atom. The van der Waals surface area contributed by atoms with Gasteiger partial charge in [-0.15, -0.1) is 0 Å². The summed E-state index contributed by atoms with van der Waals surface area (Å²) in [7, 11) is 0. The molecule has 0 spiro atoms. The molecule has 0 unspecified atom stereocenters. The van der Waals surface area contributed by atoms with Crippen molar-refractivity contribution < 1.29 is 14.3 Å². The summed E-state index contributed by atoms with van der Waals surface area (Å²) in [4.78, 5) is 0.184. The maximum Gasteiger partial charge on any atom is 0.204 e. The van der Waals surface area contributed by atoms with Gasteiger partial charge in [-0.1, -0.05) is 24.4 Å². The summed E-state index contributed by atoms with van der Waals surface area (Å²) in [5, 5.41) is 9.59. The van der Waals surface area contributed by atoms with Gasteiger partial charge in [0.15, 0.2) is 5.75 Å². The van der Waals surface area contributed by atoms with Gasteiger partial charge in [-0.05, 0) is 25.0 Å². The van der Waals surface area contributed by atoms with Gasteiger partial charge >= 0.3 is 0 Å². The van der Waals surface area contributed by atoms with Gasteiger partial charge in [0.2, 0.25) is 5.76 Å². The highest BCUT2D eigenvalue weighted by Gasteiger charge is 2.17. The van der Waals surface area contributed by atoms with Crippen molar-refractivity contribution in [3.63, 3.8) is 0 Å². The van der Waals surface area contributed by atoms with E-state index in [1.165, 1.54) is 0 Å². The molecule has 0 aliphatic heterocycles. The molecule has 0 aliphatic carbocycles. The minimum absolute atomic E-state index is 0.164. The smallest absolute Gasteiger partial charge is 0.204 e. The van der Waals surface area contributed by atoms with Crippen LogP contribution in [0, 0.1) is 0 Å². The molecule has 0 fully saturated rings. The van der Waals surface area contributed by atoms with E-state index in [-0.39, 0.29) is 11.6 Å². The lowest BCUT2D eigenvalue weighted by atomic mass is 10.2. The van der Waals surface area contributed by atoms with Gasteiger partial charge in [-0.25, -0.2) is 0 Å². The van der Waals surface area contributed by atoms with Crippen LogP contribution >= 0.6 is 12.2 Å². The van der Waals surface area contributed by atoms with Gasteiger partial charge in [0.05, 0.1) is 12.0 Å². The van der Waals surface area contributed by atoms with Crippen molar-refractivity contribution in [2.75, 3.05) is 13.2 Å². The zero-order chi connectivity index (χ0) is 13.0. The van der Waals surface area contributed by atoms with E-state index in [9.17, 15) is 0 Å². The molecule has 0 amide bonds. The number of ether oxygens (including phenoxy) is 1. The van der Waals surface area contributed by atoms with Crippen molar-refractivity contribution >= 4 is 28.2 Å². The number of rotatable bonds is 6. The van der Waals surface area contributed by atoms with Crippen molar-refractivity contribution in [3.8, 4) is 5.75 Å². The number of aliphatic hydroxyl groups excluding tert-OH is 1. The Bertz CT molecular complexity index is 550. The summed E-state index contributed by atoms with van der Waals surface area (Å²) in [5.74, 6) is 1.01. The van der Waals surface area contributed by atoms with Gasteiger partial charge in [0, 0.05) is 6.61 Å². The van der Waals surface area contributed by atoms with E-state index < -0.39 is 0 Å². The lowest BCUT2D eigenvalue weighted by Crippen LogP contribution is -2.10. The molecule has 96 valence electrons. The topological polar surface area (TPSA) is 68.6 Å². The first-order valence-electron chi connectivity index (χ1n) is 5.79. The van der Waals surface area contributed by atoms with Crippen molar-refractivity contribution in [1.82, 2.24) is 0 Å². The predicted molar refractivity (Wildman–Crippen MR) is 73.9 cm³/mol. The SMILES string of the molecule is NC(=S)c1oc2ccccc2c1OCCCCO. The summed E-state index contributed by atoms with van der Waals surface area (Å²) < 4.78 is 11.3.